The van der Waals surface area contributed by atoms with Crippen LogP contribution >= 0.6 is 11.3 Å². The second kappa shape index (κ2) is 13.5. The molecule has 1 aromatic heterocycles. The number of ether oxygens (including phenoxy) is 1. The van der Waals surface area contributed by atoms with Crippen molar-refractivity contribution < 1.29 is 14.3 Å². The van der Waals surface area contributed by atoms with Gasteiger partial charge in [0, 0.05) is 55.3 Å². The third-order valence-corrected chi connectivity index (χ3v) is 9.26. The fraction of sp³-hybridized carbons (Fsp3) is 0.314. The number of carbonyl (C=O) groups excluding carboxylic acids is 2. The van der Waals surface area contributed by atoms with Crippen LogP contribution in [0.25, 0.3) is 11.1 Å². The number of nitrogens with zero attached hydrogens (tertiary/aromatic N) is 3. The van der Waals surface area contributed by atoms with Crippen LogP contribution in [0.4, 0.5) is 11.4 Å². The van der Waals surface area contributed by atoms with Crippen molar-refractivity contribution in [3.8, 4) is 16.9 Å². The van der Waals surface area contributed by atoms with Crippen molar-refractivity contribution in [2.24, 2.45) is 0 Å². The number of benzene rings is 3. The fourth-order valence-corrected chi connectivity index (χ4v) is 6.70. The molecule has 43 heavy (non-hydrogen) atoms. The molecule has 4 aromatic rings. The normalized spacial score (nSPS) is 15.9. The molecule has 6 rings (SSSR count). The number of fused-ring (bicyclic) bond motifs is 1. The number of amides is 2. The van der Waals surface area contributed by atoms with Crippen molar-refractivity contribution in [2.45, 2.75) is 19.3 Å². The third-order valence-electron chi connectivity index (χ3n) is 8.29. The van der Waals surface area contributed by atoms with Crippen LogP contribution in [-0.2, 0) is 6.42 Å². The Labute approximate surface area is 257 Å². The first-order chi connectivity index (χ1) is 21.1. The molecular weight excluding hydrogens is 556 g/mol. The molecule has 0 radical (unpaired) electrons. The molecule has 0 unspecified atom stereocenters. The summed E-state index contributed by atoms with van der Waals surface area (Å²) in [6.07, 6.45) is 3.05. The Kier molecular flexibility index (Phi) is 9.17. The number of carbonyl (C=O) groups is 2. The van der Waals surface area contributed by atoms with Gasteiger partial charge in [-0.05, 0) is 73.1 Å². The molecule has 0 aliphatic carbocycles. The summed E-state index contributed by atoms with van der Waals surface area (Å²) in [7, 11) is 2.14. The van der Waals surface area contributed by atoms with E-state index in [1.807, 2.05) is 59.5 Å². The second-order valence-electron chi connectivity index (χ2n) is 11.2. The highest BCUT2D eigenvalue weighted by Crippen LogP contribution is 2.34. The van der Waals surface area contributed by atoms with Gasteiger partial charge >= 0.3 is 0 Å². The highest BCUT2D eigenvalue weighted by Gasteiger charge is 2.25. The Hall–Kier alpha value is -3.98. The van der Waals surface area contributed by atoms with E-state index in [2.05, 4.69) is 33.6 Å². The maximum absolute atomic E-state index is 13.8. The lowest BCUT2D eigenvalue weighted by molar-refractivity contribution is 0.0985. The van der Waals surface area contributed by atoms with Gasteiger partial charge in [-0.1, -0.05) is 48.5 Å². The van der Waals surface area contributed by atoms with Crippen LogP contribution < -0.4 is 15.0 Å². The van der Waals surface area contributed by atoms with Gasteiger partial charge in [-0.3, -0.25) is 14.5 Å². The summed E-state index contributed by atoms with van der Waals surface area (Å²) in [5.41, 5.74) is 4.53. The van der Waals surface area contributed by atoms with Crippen molar-refractivity contribution in [2.75, 3.05) is 63.1 Å². The fourth-order valence-electron chi connectivity index (χ4n) is 5.78. The van der Waals surface area contributed by atoms with Crippen LogP contribution in [-0.4, -0.2) is 74.5 Å². The van der Waals surface area contributed by atoms with Crippen LogP contribution in [0.1, 0.15) is 38.4 Å². The lowest BCUT2D eigenvalue weighted by atomic mass is 9.99. The molecule has 1 saturated heterocycles. The maximum Gasteiger partial charge on any atom is 0.258 e. The average Bonchev–Trinajstić information content (AvgIpc) is 3.41. The van der Waals surface area contributed by atoms with Gasteiger partial charge in [-0.15, -0.1) is 11.3 Å². The lowest BCUT2D eigenvalue weighted by Gasteiger charge is -2.32. The number of anilines is 2. The number of hydrogen-bond donors (Lipinski definition) is 1. The van der Waals surface area contributed by atoms with E-state index in [9.17, 15) is 9.59 Å². The molecule has 2 aliphatic heterocycles. The first-order valence-electron chi connectivity index (χ1n) is 15.1. The Balaban J connectivity index is 1.26. The van der Waals surface area contributed by atoms with E-state index < -0.39 is 0 Å². The number of piperazine rings is 1. The standard InChI is InChI=1S/C35H38N4O3S/c1-37-18-20-38(21-19-37)22-23-42-32-25-27(35(41)39-17-8-7-13-33-31(39)16-24-43-33)14-15-30(32)36-34(40)29-12-6-5-11-28(29)26-9-3-2-4-10-26/h2-6,9-12,14-16,24-25H,7-8,13,17-23H2,1H3,(H,36,40). The predicted octanol–water partition coefficient (Wildman–Crippen LogP) is 6.28. The molecule has 0 saturated carbocycles. The topological polar surface area (TPSA) is 65.1 Å². The maximum atomic E-state index is 13.8. The highest BCUT2D eigenvalue weighted by atomic mass is 32.1. The number of thiophene rings is 1. The van der Waals surface area contributed by atoms with Crippen LogP contribution in [0.15, 0.2) is 84.2 Å². The molecule has 0 spiro atoms. The first kappa shape index (κ1) is 29.1. The molecule has 3 heterocycles. The zero-order valence-electron chi connectivity index (χ0n) is 24.6. The Morgan fingerprint density at radius 2 is 1.67 bits per heavy atom. The van der Waals surface area contributed by atoms with Crippen LogP contribution in [0.5, 0.6) is 5.75 Å². The number of aryl methyl sites for hydroxylation is 1. The van der Waals surface area contributed by atoms with E-state index in [-0.39, 0.29) is 11.8 Å². The lowest BCUT2D eigenvalue weighted by Crippen LogP contribution is -2.45. The van der Waals surface area contributed by atoms with Crippen molar-refractivity contribution >= 4 is 34.5 Å². The zero-order chi connectivity index (χ0) is 29.6. The van der Waals surface area contributed by atoms with Gasteiger partial charge in [0.15, 0.2) is 0 Å². The molecule has 2 amide bonds. The molecule has 3 aromatic carbocycles. The largest absolute Gasteiger partial charge is 0.490 e. The van der Waals surface area contributed by atoms with Gasteiger partial charge in [0.2, 0.25) is 0 Å². The number of likely N-dealkylation sites (N-methyl/N-ethyl adjacent to an activating group) is 1. The van der Waals surface area contributed by atoms with Crippen molar-refractivity contribution in [1.82, 2.24) is 9.80 Å². The summed E-state index contributed by atoms with van der Waals surface area (Å²) in [4.78, 5) is 35.4. The Morgan fingerprint density at radius 1 is 0.884 bits per heavy atom. The minimum atomic E-state index is -0.224. The number of hydrogen-bond acceptors (Lipinski definition) is 6. The van der Waals surface area contributed by atoms with Crippen molar-refractivity contribution in [3.63, 3.8) is 0 Å². The quantitative estimate of drug-likeness (QED) is 0.260. The summed E-state index contributed by atoms with van der Waals surface area (Å²) in [6, 6.07) is 24.9. The minimum absolute atomic E-state index is 0.0437. The molecule has 0 bridgehead atoms. The smallest absolute Gasteiger partial charge is 0.258 e. The van der Waals surface area contributed by atoms with E-state index >= 15 is 0 Å². The molecule has 2 aliphatic rings. The van der Waals surface area contributed by atoms with Gasteiger partial charge in [-0.25, -0.2) is 0 Å². The third kappa shape index (κ3) is 6.82. The minimum Gasteiger partial charge on any atom is -0.490 e. The van der Waals surface area contributed by atoms with Gasteiger partial charge < -0.3 is 19.9 Å². The summed E-state index contributed by atoms with van der Waals surface area (Å²) in [5, 5.41) is 5.16. The molecule has 1 N–H and O–H groups in total. The van der Waals surface area contributed by atoms with Crippen LogP contribution in [0, 0.1) is 0 Å². The van der Waals surface area contributed by atoms with E-state index in [4.69, 9.17) is 4.74 Å². The second-order valence-corrected chi connectivity index (χ2v) is 12.2. The van der Waals surface area contributed by atoms with E-state index in [1.54, 1.807) is 29.5 Å². The van der Waals surface area contributed by atoms with E-state index in [0.717, 1.165) is 68.8 Å². The first-order valence-corrected chi connectivity index (χ1v) is 16.0. The highest BCUT2D eigenvalue weighted by molar-refractivity contribution is 7.10. The van der Waals surface area contributed by atoms with E-state index in [0.29, 0.717) is 35.7 Å². The summed E-state index contributed by atoms with van der Waals surface area (Å²) < 4.78 is 6.34. The van der Waals surface area contributed by atoms with Gasteiger partial charge in [-0.2, -0.15) is 0 Å². The summed E-state index contributed by atoms with van der Waals surface area (Å²) >= 11 is 1.72. The molecule has 1 fully saturated rings. The van der Waals surface area contributed by atoms with Crippen molar-refractivity contribution in [3.05, 3.63) is 100 Å². The van der Waals surface area contributed by atoms with E-state index in [1.165, 1.54) is 4.88 Å². The Bertz CT molecular complexity index is 1560. The molecule has 0 atom stereocenters. The number of rotatable bonds is 8. The average molecular weight is 595 g/mol. The summed E-state index contributed by atoms with van der Waals surface area (Å²) in [5.74, 6) is 0.238. The van der Waals surface area contributed by atoms with Crippen LogP contribution in [0.3, 0.4) is 0 Å². The zero-order valence-corrected chi connectivity index (χ0v) is 25.4. The summed E-state index contributed by atoms with van der Waals surface area (Å²) in [6.45, 7) is 5.99. The molecule has 222 valence electrons. The van der Waals surface area contributed by atoms with Gasteiger partial charge in [0.05, 0.1) is 11.4 Å². The molecule has 7 nitrogen and oxygen atoms in total. The van der Waals surface area contributed by atoms with Crippen LogP contribution in [0.2, 0.25) is 0 Å². The van der Waals surface area contributed by atoms with Crippen molar-refractivity contribution in [1.29, 1.82) is 0 Å². The van der Waals surface area contributed by atoms with Gasteiger partial charge in [0.1, 0.15) is 12.4 Å². The Morgan fingerprint density at radius 3 is 2.51 bits per heavy atom. The SMILES string of the molecule is CN1CCN(CCOc2cc(C(=O)N3CCCCc4sccc43)ccc2NC(=O)c2ccccc2-c2ccccc2)CC1. The molecule has 8 heteroatoms. The molecular formula is C35H38N4O3S. The number of nitrogens with one attached hydrogen (secondary N) is 1. The van der Waals surface area contributed by atoms with Gasteiger partial charge in [0.25, 0.3) is 11.8 Å². The monoisotopic (exact) mass is 594 g/mol. The predicted molar refractivity (Wildman–Crippen MR) is 175 cm³/mol.